The molecule has 0 aromatic heterocycles. The summed E-state index contributed by atoms with van der Waals surface area (Å²) in [6.45, 7) is 5.66. The predicted octanol–water partition coefficient (Wildman–Crippen LogP) is 12.1. The van der Waals surface area contributed by atoms with Gasteiger partial charge in [-0.3, -0.25) is 28.8 Å². The number of benzene rings is 5. The molecule has 0 saturated heterocycles. The Kier molecular flexibility index (Phi) is 15.9. The van der Waals surface area contributed by atoms with Crippen LogP contribution in [0.15, 0.2) is 105 Å². The molecular weight excluding hydrogens is 925 g/mol. The highest BCUT2D eigenvalue weighted by Crippen LogP contribution is 2.30. The van der Waals surface area contributed by atoms with Crippen LogP contribution in [-0.4, -0.2) is 47.3 Å². The van der Waals surface area contributed by atoms with E-state index in [1.807, 2.05) is 0 Å². The molecule has 2 unspecified atom stereocenters. The van der Waals surface area contributed by atoms with Crippen molar-refractivity contribution in [3.05, 3.63) is 137 Å². The van der Waals surface area contributed by atoms with Gasteiger partial charge in [0.2, 0.25) is 12.1 Å². The van der Waals surface area contributed by atoms with E-state index < -0.39 is 47.3 Å². The molecule has 4 N–H and O–H groups in total. The zero-order valence-electron chi connectivity index (χ0n) is 32.7. The van der Waals surface area contributed by atoms with E-state index in [4.69, 9.17) is 69.6 Å². The lowest BCUT2D eigenvalue weighted by Gasteiger charge is -2.17. The summed E-state index contributed by atoms with van der Waals surface area (Å²) >= 11 is 36.5. The summed E-state index contributed by atoms with van der Waals surface area (Å²) in [5.41, 5.74) is 2.75. The van der Waals surface area contributed by atoms with Crippen LogP contribution in [0.1, 0.15) is 45.7 Å². The van der Waals surface area contributed by atoms with Crippen LogP contribution in [0.4, 0.5) is 34.1 Å². The fourth-order valence-electron chi connectivity index (χ4n) is 5.46. The molecule has 62 heavy (non-hydrogen) atoms. The van der Waals surface area contributed by atoms with E-state index in [1.165, 1.54) is 86.6 Å². The van der Waals surface area contributed by atoms with E-state index in [0.717, 1.165) is 0 Å². The Balaban J connectivity index is 1.26. The van der Waals surface area contributed by atoms with Gasteiger partial charge in [-0.15, -0.1) is 0 Å². The smallest absolute Gasteiger partial charge is 0.258 e. The van der Waals surface area contributed by atoms with Crippen molar-refractivity contribution in [1.82, 2.24) is 0 Å². The number of rotatable bonds is 14. The Morgan fingerprint density at radius 2 is 0.839 bits per heavy atom. The standard InChI is InChI=1S/C42H32Cl6N8O6/c1-19-20(2)36(52-42(62)38(22(4)58)56-54-30-14-24(12-26(44)16-30)40(60)50-28-6-8-32(46)34(48)18-28)10-9-35(19)51-41(61)37(21(3)57)55-53-29-13-23(11-25(43)15-29)39(59)49-27-5-7-31(45)33(47)17-27/h5-18,37-38H,1-4H3,(H,49,59)(H,50,60)(H,51,61)(H,52,62). The summed E-state index contributed by atoms with van der Waals surface area (Å²) in [4.78, 5) is 77.8. The van der Waals surface area contributed by atoms with Gasteiger partial charge >= 0.3 is 0 Å². The van der Waals surface area contributed by atoms with Crippen LogP contribution in [0, 0.1) is 13.8 Å². The van der Waals surface area contributed by atoms with Crippen LogP contribution < -0.4 is 21.3 Å². The van der Waals surface area contributed by atoms with Crippen molar-refractivity contribution in [1.29, 1.82) is 0 Å². The van der Waals surface area contributed by atoms with Crippen molar-refractivity contribution < 1.29 is 28.8 Å². The summed E-state index contributed by atoms with van der Waals surface area (Å²) in [5.74, 6) is -3.98. The molecule has 0 saturated carbocycles. The third-order valence-corrected chi connectivity index (χ3v) is 10.7. The zero-order chi connectivity index (χ0) is 45.4. The molecule has 0 aliphatic rings. The number of nitrogens with one attached hydrogen (secondary N) is 4. The minimum Gasteiger partial charge on any atom is -0.324 e. The van der Waals surface area contributed by atoms with Crippen LogP contribution in [0.5, 0.6) is 0 Å². The quantitative estimate of drug-likeness (QED) is 0.0630. The number of amides is 4. The second-order valence-electron chi connectivity index (χ2n) is 13.4. The Morgan fingerprint density at radius 1 is 0.468 bits per heavy atom. The van der Waals surface area contributed by atoms with Gasteiger partial charge in [-0.25, -0.2) is 0 Å². The molecule has 0 radical (unpaired) electrons. The molecule has 5 aromatic carbocycles. The monoisotopic (exact) mass is 954 g/mol. The summed E-state index contributed by atoms with van der Waals surface area (Å²) < 4.78 is 0. The average molecular weight is 957 g/mol. The largest absolute Gasteiger partial charge is 0.324 e. The lowest BCUT2D eigenvalue weighted by molar-refractivity contribution is -0.127. The minimum atomic E-state index is -1.59. The Labute approximate surface area is 384 Å². The minimum absolute atomic E-state index is 0.0902. The summed E-state index contributed by atoms with van der Waals surface area (Å²) in [7, 11) is 0. The second-order valence-corrected chi connectivity index (χ2v) is 15.9. The van der Waals surface area contributed by atoms with Crippen molar-refractivity contribution in [2.75, 3.05) is 21.3 Å². The third kappa shape index (κ3) is 12.4. The van der Waals surface area contributed by atoms with Crippen LogP contribution in [-0.2, 0) is 19.2 Å². The molecule has 0 bridgehead atoms. The number of carbonyl (C=O) groups is 6. The Morgan fingerprint density at radius 3 is 1.18 bits per heavy atom. The number of Topliss-reactive ketones (excluding diaryl/α,β-unsaturated/α-hetero) is 2. The van der Waals surface area contributed by atoms with Gasteiger partial charge in [0.25, 0.3) is 23.6 Å². The van der Waals surface area contributed by atoms with Crippen molar-refractivity contribution in [3.63, 3.8) is 0 Å². The topological polar surface area (TPSA) is 200 Å². The Hall–Kier alpha value is -5.74. The highest BCUT2D eigenvalue weighted by Gasteiger charge is 2.26. The third-order valence-electron chi connectivity index (χ3n) is 8.79. The molecule has 5 rings (SSSR count). The molecule has 0 heterocycles. The van der Waals surface area contributed by atoms with Crippen molar-refractivity contribution in [2.24, 2.45) is 20.5 Å². The van der Waals surface area contributed by atoms with E-state index in [2.05, 4.69) is 41.7 Å². The van der Waals surface area contributed by atoms with Gasteiger partial charge in [-0.05, 0) is 124 Å². The number of hydrogen-bond donors (Lipinski definition) is 4. The van der Waals surface area contributed by atoms with Crippen molar-refractivity contribution >= 4 is 139 Å². The van der Waals surface area contributed by atoms with E-state index in [9.17, 15) is 28.8 Å². The maximum absolute atomic E-state index is 13.4. The van der Waals surface area contributed by atoms with Gasteiger partial charge in [0.1, 0.15) is 0 Å². The molecule has 4 amide bonds. The fraction of sp³-hybridized carbons (Fsp3) is 0.143. The van der Waals surface area contributed by atoms with Crippen LogP contribution >= 0.6 is 69.6 Å². The number of halogens is 6. The second kappa shape index (κ2) is 20.9. The van der Waals surface area contributed by atoms with Gasteiger partial charge in [-0.2, -0.15) is 20.5 Å². The fourth-order valence-corrected chi connectivity index (χ4v) is 6.51. The number of nitrogens with zero attached hydrogens (tertiary/aromatic N) is 4. The van der Waals surface area contributed by atoms with Crippen LogP contribution in [0.2, 0.25) is 30.1 Å². The molecule has 20 heteroatoms. The van der Waals surface area contributed by atoms with Gasteiger partial charge in [-0.1, -0.05) is 69.6 Å². The van der Waals surface area contributed by atoms with Gasteiger partial charge < -0.3 is 21.3 Å². The van der Waals surface area contributed by atoms with Gasteiger partial charge in [0, 0.05) is 43.9 Å². The normalized spacial score (nSPS) is 12.2. The number of hydrogen-bond acceptors (Lipinski definition) is 10. The highest BCUT2D eigenvalue weighted by molar-refractivity contribution is 6.42. The van der Waals surface area contributed by atoms with Crippen LogP contribution in [0.3, 0.4) is 0 Å². The number of anilines is 4. The SMILES string of the molecule is CC(=O)C(N=Nc1cc(Cl)cc(C(=O)Nc2ccc(Cl)c(Cl)c2)c1)C(=O)Nc1ccc(NC(=O)C(N=Nc2cc(Cl)cc(C(=O)Nc3ccc(Cl)c(Cl)c3)c2)C(C)=O)c(C)c1C. The maximum atomic E-state index is 13.4. The molecule has 2 atom stereocenters. The van der Waals surface area contributed by atoms with Crippen molar-refractivity contribution in [2.45, 2.75) is 39.8 Å². The van der Waals surface area contributed by atoms with E-state index in [0.29, 0.717) is 43.9 Å². The van der Waals surface area contributed by atoms with E-state index >= 15 is 0 Å². The van der Waals surface area contributed by atoms with Gasteiger partial charge in [0.15, 0.2) is 11.6 Å². The van der Waals surface area contributed by atoms with E-state index in [-0.39, 0.29) is 42.6 Å². The number of carbonyl (C=O) groups excluding carboxylic acids is 6. The molecule has 0 aliphatic heterocycles. The molecular formula is C42H32Cl6N8O6. The lowest BCUT2D eigenvalue weighted by Crippen LogP contribution is -2.33. The Bertz CT molecular complexity index is 2530. The number of ketones is 2. The van der Waals surface area contributed by atoms with Crippen molar-refractivity contribution in [3.8, 4) is 0 Å². The number of azo groups is 2. The summed E-state index contributed by atoms with van der Waals surface area (Å²) in [6, 6.07) is 17.2. The average Bonchev–Trinajstić information content (AvgIpc) is 3.20. The molecule has 318 valence electrons. The first-order valence-corrected chi connectivity index (χ1v) is 20.2. The molecule has 5 aromatic rings. The maximum Gasteiger partial charge on any atom is 0.258 e. The summed E-state index contributed by atoms with van der Waals surface area (Å²) in [6.07, 6.45) is 0. The van der Waals surface area contributed by atoms with Gasteiger partial charge in [0.05, 0.1) is 31.5 Å². The lowest BCUT2D eigenvalue weighted by atomic mass is 10.0. The zero-order valence-corrected chi connectivity index (χ0v) is 37.3. The first kappa shape index (κ1) is 47.3. The first-order chi connectivity index (χ1) is 29.3. The van der Waals surface area contributed by atoms with Crippen LogP contribution in [0.25, 0.3) is 0 Å². The molecule has 0 fully saturated rings. The molecule has 0 spiro atoms. The van der Waals surface area contributed by atoms with E-state index in [1.54, 1.807) is 26.0 Å². The first-order valence-electron chi connectivity index (χ1n) is 18.0. The highest BCUT2D eigenvalue weighted by atomic mass is 35.5. The molecule has 14 nitrogen and oxygen atoms in total. The predicted molar refractivity (Wildman–Crippen MR) is 243 cm³/mol. The molecule has 0 aliphatic carbocycles. The summed E-state index contributed by atoms with van der Waals surface area (Å²) in [5, 5.41) is 28.0.